The van der Waals surface area contributed by atoms with Crippen molar-refractivity contribution in [3.05, 3.63) is 5.89 Å². The first-order valence-electron chi connectivity index (χ1n) is 5.89. The summed E-state index contributed by atoms with van der Waals surface area (Å²) in [6, 6.07) is 0.660. The zero-order valence-corrected chi connectivity index (χ0v) is 10.2. The van der Waals surface area contributed by atoms with Gasteiger partial charge in [-0.15, -0.1) is 0 Å². The third-order valence-electron chi connectivity index (χ3n) is 3.32. The Balaban J connectivity index is 1.97. The highest BCUT2D eigenvalue weighted by atomic mass is 16.5. The van der Waals surface area contributed by atoms with Gasteiger partial charge in [-0.2, -0.15) is 4.98 Å². The molecule has 1 aromatic rings. The Bertz CT molecular complexity index is 328. The lowest BCUT2D eigenvalue weighted by molar-refractivity contribution is 0.288. The van der Waals surface area contributed by atoms with E-state index >= 15 is 0 Å². The summed E-state index contributed by atoms with van der Waals surface area (Å²) in [4.78, 5) is 6.28. The largest absolute Gasteiger partial charge is 0.344 e. The molecule has 0 aromatic carbocycles. The van der Waals surface area contributed by atoms with Crippen LogP contribution in [0.3, 0.4) is 0 Å². The standard InChI is InChI=1S/C11H20N4O/c1-12-9-6-4-8(5-7-9)10-13-11(14-16-10)15(2)3/h8-9,12H,4-7H2,1-3H3. The maximum Gasteiger partial charge on any atom is 0.265 e. The molecule has 0 spiro atoms. The first-order chi connectivity index (χ1) is 7.70. The minimum Gasteiger partial charge on any atom is -0.344 e. The Morgan fingerprint density at radius 1 is 1.25 bits per heavy atom. The van der Waals surface area contributed by atoms with E-state index < -0.39 is 0 Å². The van der Waals surface area contributed by atoms with Gasteiger partial charge in [-0.05, 0) is 37.9 Å². The molecule has 0 bridgehead atoms. The lowest BCUT2D eigenvalue weighted by atomic mass is 9.86. The fraction of sp³-hybridized carbons (Fsp3) is 0.818. The van der Waals surface area contributed by atoms with E-state index in [0.717, 1.165) is 18.7 Å². The number of nitrogens with one attached hydrogen (secondary N) is 1. The highest BCUT2D eigenvalue weighted by Gasteiger charge is 2.25. The Morgan fingerprint density at radius 2 is 1.94 bits per heavy atom. The monoisotopic (exact) mass is 224 g/mol. The molecule has 1 aliphatic rings. The second-order valence-corrected chi connectivity index (χ2v) is 4.66. The molecule has 1 aliphatic carbocycles. The lowest BCUT2D eigenvalue weighted by Crippen LogP contribution is -2.29. The molecule has 5 heteroatoms. The van der Waals surface area contributed by atoms with Crippen LogP contribution in [-0.4, -0.2) is 37.3 Å². The van der Waals surface area contributed by atoms with Crippen LogP contribution in [0.5, 0.6) is 0 Å². The molecular weight excluding hydrogens is 204 g/mol. The van der Waals surface area contributed by atoms with Gasteiger partial charge in [-0.25, -0.2) is 0 Å². The van der Waals surface area contributed by atoms with Crippen molar-refractivity contribution in [2.24, 2.45) is 0 Å². The number of hydrogen-bond acceptors (Lipinski definition) is 5. The first-order valence-corrected chi connectivity index (χ1v) is 5.89. The first kappa shape index (κ1) is 11.4. The van der Waals surface area contributed by atoms with E-state index in [-0.39, 0.29) is 0 Å². The highest BCUT2D eigenvalue weighted by Crippen LogP contribution is 2.32. The molecule has 0 saturated heterocycles. The molecule has 0 radical (unpaired) electrons. The summed E-state index contributed by atoms with van der Waals surface area (Å²) in [7, 11) is 5.88. The molecule has 1 aromatic heterocycles. The fourth-order valence-corrected chi connectivity index (χ4v) is 2.20. The van der Waals surface area contributed by atoms with Gasteiger partial charge in [-0.1, -0.05) is 0 Å². The summed E-state index contributed by atoms with van der Waals surface area (Å²) in [6.07, 6.45) is 4.67. The molecule has 5 nitrogen and oxygen atoms in total. The molecule has 0 aliphatic heterocycles. The van der Waals surface area contributed by atoms with Crippen molar-refractivity contribution in [3.63, 3.8) is 0 Å². The van der Waals surface area contributed by atoms with E-state index in [1.54, 1.807) is 0 Å². The molecule has 1 saturated carbocycles. The second-order valence-electron chi connectivity index (χ2n) is 4.66. The van der Waals surface area contributed by atoms with E-state index in [1.807, 2.05) is 26.0 Å². The van der Waals surface area contributed by atoms with Gasteiger partial charge < -0.3 is 14.7 Å². The third kappa shape index (κ3) is 2.35. The van der Waals surface area contributed by atoms with Gasteiger partial charge in [0.2, 0.25) is 5.89 Å². The van der Waals surface area contributed by atoms with Gasteiger partial charge in [0.25, 0.3) is 5.95 Å². The van der Waals surface area contributed by atoms with E-state index in [4.69, 9.17) is 4.52 Å². The number of anilines is 1. The number of rotatable bonds is 3. The van der Waals surface area contributed by atoms with Crippen molar-refractivity contribution in [3.8, 4) is 0 Å². The maximum atomic E-state index is 5.31. The molecule has 1 heterocycles. The smallest absolute Gasteiger partial charge is 0.265 e. The van der Waals surface area contributed by atoms with Crippen LogP contribution in [0, 0.1) is 0 Å². The van der Waals surface area contributed by atoms with E-state index in [9.17, 15) is 0 Å². The molecule has 16 heavy (non-hydrogen) atoms. The fourth-order valence-electron chi connectivity index (χ4n) is 2.20. The zero-order valence-electron chi connectivity index (χ0n) is 10.2. The van der Waals surface area contributed by atoms with Crippen LogP contribution >= 0.6 is 0 Å². The zero-order chi connectivity index (χ0) is 11.5. The van der Waals surface area contributed by atoms with Crippen molar-refractivity contribution in [1.82, 2.24) is 15.5 Å². The lowest BCUT2D eigenvalue weighted by Gasteiger charge is -2.25. The minimum absolute atomic E-state index is 0.450. The summed E-state index contributed by atoms with van der Waals surface area (Å²) in [6.45, 7) is 0. The Labute approximate surface area is 96.2 Å². The molecule has 0 amide bonds. The second kappa shape index (κ2) is 4.82. The van der Waals surface area contributed by atoms with Crippen molar-refractivity contribution in [2.45, 2.75) is 37.6 Å². The van der Waals surface area contributed by atoms with Gasteiger partial charge in [0.15, 0.2) is 0 Å². The van der Waals surface area contributed by atoms with Gasteiger partial charge in [0.1, 0.15) is 0 Å². The number of nitrogens with zero attached hydrogens (tertiary/aromatic N) is 3. The van der Waals surface area contributed by atoms with Gasteiger partial charge >= 0.3 is 0 Å². The van der Waals surface area contributed by atoms with Crippen LogP contribution in [0.1, 0.15) is 37.5 Å². The maximum absolute atomic E-state index is 5.31. The molecule has 2 rings (SSSR count). The molecule has 1 N–H and O–H groups in total. The topological polar surface area (TPSA) is 54.2 Å². The average molecular weight is 224 g/mol. The Morgan fingerprint density at radius 3 is 2.44 bits per heavy atom. The van der Waals surface area contributed by atoms with Crippen LogP contribution in [0.4, 0.5) is 5.95 Å². The highest BCUT2D eigenvalue weighted by molar-refractivity contribution is 5.24. The van der Waals surface area contributed by atoms with Crippen molar-refractivity contribution >= 4 is 5.95 Å². The predicted octanol–water partition coefficient (Wildman–Crippen LogP) is 1.38. The van der Waals surface area contributed by atoms with Gasteiger partial charge in [-0.3, -0.25) is 0 Å². The van der Waals surface area contributed by atoms with Gasteiger partial charge in [0, 0.05) is 26.1 Å². The summed E-state index contributed by atoms with van der Waals surface area (Å²) < 4.78 is 5.31. The van der Waals surface area contributed by atoms with Crippen LogP contribution in [0.2, 0.25) is 0 Å². The Hall–Kier alpha value is -1.10. The number of hydrogen-bond donors (Lipinski definition) is 1. The molecule has 1 fully saturated rings. The summed E-state index contributed by atoms with van der Waals surface area (Å²) in [5.74, 6) is 1.93. The van der Waals surface area contributed by atoms with E-state index in [2.05, 4.69) is 15.5 Å². The SMILES string of the molecule is CNC1CCC(c2nc(N(C)C)no2)CC1. The molecule has 0 atom stereocenters. The van der Waals surface area contributed by atoms with Crippen LogP contribution in [-0.2, 0) is 0 Å². The summed E-state index contributed by atoms with van der Waals surface area (Å²) in [5, 5.41) is 7.28. The summed E-state index contributed by atoms with van der Waals surface area (Å²) >= 11 is 0. The van der Waals surface area contributed by atoms with Crippen LogP contribution in [0.15, 0.2) is 4.52 Å². The van der Waals surface area contributed by atoms with E-state index in [1.165, 1.54) is 12.8 Å². The normalized spacial score (nSPS) is 25.7. The average Bonchev–Trinajstić information content (AvgIpc) is 2.78. The van der Waals surface area contributed by atoms with Crippen LogP contribution in [0.25, 0.3) is 0 Å². The van der Waals surface area contributed by atoms with Crippen LogP contribution < -0.4 is 10.2 Å². The van der Waals surface area contributed by atoms with Crippen molar-refractivity contribution in [2.75, 3.05) is 26.0 Å². The van der Waals surface area contributed by atoms with Crippen molar-refractivity contribution < 1.29 is 4.52 Å². The molecule has 0 unspecified atom stereocenters. The van der Waals surface area contributed by atoms with Gasteiger partial charge in [0.05, 0.1) is 0 Å². The Kier molecular flexibility index (Phi) is 3.43. The predicted molar refractivity (Wildman–Crippen MR) is 62.7 cm³/mol. The minimum atomic E-state index is 0.450. The quantitative estimate of drug-likeness (QED) is 0.840. The van der Waals surface area contributed by atoms with E-state index in [0.29, 0.717) is 17.9 Å². The number of aromatic nitrogens is 2. The third-order valence-corrected chi connectivity index (χ3v) is 3.32. The molecule has 90 valence electrons. The summed E-state index contributed by atoms with van der Waals surface area (Å²) in [5.41, 5.74) is 0. The molecular formula is C11H20N4O. The van der Waals surface area contributed by atoms with Crippen molar-refractivity contribution in [1.29, 1.82) is 0 Å².